The Bertz CT molecular complexity index is 3730. The van der Waals surface area contributed by atoms with Crippen molar-refractivity contribution >= 4 is 65.3 Å². The van der Waals surface area contributed by atoms with Gasteiger partial charge in [-0.2, -0.15) is 0 Å². The van der Waals surface area contributed by atoms with Crippen LogP contribution in [0.25, 0.3) is 44.5 Å². The van der Waals surface area contributed by atoms with Crippen LogP contribution in [-0.2, 0) is 33.6 Å². The Hall–Kier alpha value is -6.74. The number of phenols is 1. The maximum Gasteiger partial charge on any atom is 1.00 e. The van der Waals surface area contributed by atoms with E-state index >= 15 is 0 Å². The summed E-state index contributed by atoms with van der Waals surface area (Å²) in [5, 5.41) is 14.4. The van der Waals surface area contributed by atoms with Crippen LogP contribution >= 0.6 is 40.7 Å². The molecule has 0 unspecified atom stereocenters. The minimum Gasteiger partial charge on any atom is -0.508 e. The van der Waals surface area contributed by atoms with Crippen molar-refractivity contribution in [3.05, 3.63) is 273 Å². The first kappa shape index (κ1) is 105. The SMILES string of the molecule is C.CC(C)(C)OC(=O)NCC(=CF)CBr.CC(C)(C)OC(=O)NCC(=CF)COc1ccc(-c2ccccc2)cc1.CCOC(C)=O.Cl.Cl.NC/C(=C/F)COc1ccc(-c2ccccc2)cc1.NC/C(=C\F)COc1ccc(-c2ccccc2)cc1.Oc1ccc(-c2ccccc2)cc1.[2H]C(=O)OO[CH-]F.[K+].[K+]. The van der Waals surface area contributed by atoms with Crippen molar-refractivity contribution in [3.63, 3.8) is 0 Å². The fourth-order valence-corrected chi connectivity index (χ4v) is 8.00. The molecule has 0 aromatic heterocycles. The van der Waals surface area contributed by atoms with Gasteiger partial charge in [-0.15, -0.1) is 24.8 Å². The van der Waals surface area contributed by atoms with Crippen molar-refractivity contribution in [2.24, 2.45) is 11.5 Å². The molecule has 108 heavy (non-hydrogen) atoms. The molecule has 0 heterocycles. The van der Waals surface area contributed by atoms with E-state index in [2.05, 4.69) is 41.1 Å². The monoisotopic (exact) mass is 1660 g/mol. The number of ether oxygens (including phenoxy) is 6. The van der Waals surface area contributed by atoms with E-state index in [9.17, 15) is 41.1 Å². The summed E-state index contributed by atoms with van der Waals surface area (Å²) in [6.45, 7) is 14.8. The van der Waals surface area contributed by atoms with Crippen LogP contribution in [0.15, 0.2) is 266 Å². The number of aromatic hydroxyl groups is 1. The molecule has 17 nitrogen and oxygen atoms in total. The molecule has 0 aliphatic carbocycles. The minimum atomic E-state index is -1.44. The molecule has 2 amide bonds. The van der Waals surface area contributed by atoms with Gasteiger partial charge in [-0.25, -0.2) is 27.2 Å². The molecule has 0 fully saturated rings. The molecule has 0 atom stereocenters. The number of halogens is 8. The van der Waals surface area contributed by atoms with E-state index in [0.717, 1.165) is 38.9 Å². The van der Waals surface area contributed by atoms with Crippen molar-refractivity contribution in [2.75, 3.05) is 57.9 Å². The van der Waals surface area contributed by atoms with Crippen molar-refractivity contribution in [3.8, 4) is 67.5 Å². The number of benzene rings is 8. The van der Waals surface area contributed by atoms with Gasteiger partial charge in [0.05, 0.1) is 31.9 Å². The summed E-state index contributed by atoms with van der Waals surface area (Å²) in [7, 11) is 0. The van der Waals surface area contributed by atoms with E-state index in [1.165, 1.54) is 12.5 Å². The average molecular weight is 1660 g/mol. The smallest absolute Gasteiger partial charge is 0.508 e. The standard InChI is InChI=1S/C21H24FNO3.2C16H16FNO.C12H10O.C9H15BrFNO2.C4H8O2.C2H2FO3.CH4.2ClH.2K/c1-21(2,3)26-20(24)23-14-16(13-22)15-25-19-11-9-18(10-12-19)17-7-5-4-6-8-17;2*17-10-13(11-18)12-19-16-8-6-15(7-9-16)14-4-2-1-3-5-14;13-12-8-6-11(7-9-12)10-4-2-1-3-5-10;1-9(2,3)14-8(13)12-6-7(4-10)5-11;1-3-6-4(2)5;3-1-5-6-2-4;;;;;/h4-13H,14-15H2,1-3H3,(H,23,24);2*1-10H,11-12,18H2;1-9,13H;5H,4,6H2,1-3H3,(H,12,13);3H2,1-2H3;1-2H;1H4;2*1H;;/q;;;;;;-1;;;;2*+1/b;13-10+;13-10-;;;;;;;;;/i;;;;;;2D;;;;;. The van der Waals surface area contributed by atoms with Gasteiger partial charge in [0.15, 0.2) is 1.37 Å². The Labute approximate surface area is 739 Å². The van der Waals surface area contributed by atoms with Crippen molar-refractivity contribution in [1.29, 1.82) is 0 Å². The summed E-state index contributed by atoms with van der Waals surface area (Å²) in [6, 6.07) is 70.4. The second-order valence-electron chi connectivity index (χ2n) is 23.0. The molecule has 0 bridgehead atoms. The largest absolute Gasteiger partial charge is 1.00 e. The van der Waals surface area contributed by atoms with E-state index < -0.39 is 29.8 Å². The number of nitrogens with two attached hydrogens (primary N) is 2. The minimum absolute atomic E-state index is 0. The molecule has 0 aliphatic rings. The molecule has 0 saturated heterocycles. The van der Waals surface area contributed by atoms with Gasteiger partial charge in [0, 0.05) is 55.2 Å². The molecular formula is C81H97BrCl2F5K2N4O13+. The summed E-state index contributed by atoms with van der Waals surface area (Å²) >= 11 is 3.09. The van der Waals surface area contributed by atoms with Crippen LogP contribution in [0.4, 0.5) is 31.5 Å². The summed E-state index contributed by atoms with van der Waals surface area (Å²) in [5.74, 6) is 2.12. The molecule has 27 heteroatoms. The number of carbonyl (C=O) groups excluding carboxylic acids is 4. The van der Waals surface area contributed by atoms with Crippen molar-refractivity contribution in [2.45, 2.75) is 74.0 Å². The molecule has 0 spiro atoms. The first-order valence-electron chi connectivity index (χ1n) is 32.4. The Kier molecular flexibility index (Phi) is 63.5. The number of amides is 2. The van der Waals surface area contributed by atoms with Crippen LogP contribution in [0.5, 0.6) is 23.0 Å². The van der Waals surface area contributed by atoms with E-state index in [4.69, 9.17) is 41.6 Å². The second kappa shape index (κ2) is 65.0. The predicted octanol–water partition coefficient (Wildman–Crippen LogP) is 14.3. The summed E-state index contributed by atoms with van der Waals surface area (Å²) in [4.78, 5) is 48.4. The zero-order valence-electron chi connectivity index (χ0n) is 62.6. The van der Waals surface area contributed by atoms with E-state index in [1.54, 1.807) is 60.6 Å². The first-order chi connectivity index (χ1) is 49.8. The Morgan fingerprint density at radius 2 is 0.759 bits per heavy atom. The normalized spacial score (nSPS) is 10.6. The van der Waals surface area contributed by atoms with Gasteiger partial charge in [0.1, 0.15) is 54.0 Å². The van der Waals surface area contributed by atoms with Gasteiger partial charge in [-0.3, -0.25) is 9.59 Å². The summed E-state index contributed by atoms with van der Waals surface area (Å²) in [6.07, 6.45) is -0.672. The topological polar surface area (TPSA) is 238 Å². The molecule has 0 aliphatic heterocycles. The fourth-order valence-electron chi connectivity index (χ4n) is 7.68. The van der Waals surface area contributed by atoms with Gasteiger partial charge in [0.25, 0.3) is 0 Å². The van der Waals surface area contributed by atoms with E-state index in [0.29, 0.717) is 82.5 Å². The molecule has 8 aromatic rings. The zero-order valence-corrected chi connectivity index (χ0v) is 71.1. The number of esters is 1. The molecule has 7 N–H and O–H groups in total. The molecular weight excluding hydrogens is 1560 g/mol. The Balaban J connectivity index is -0.000000609. The average Bonchev–Trinajstić information content (AvgIpc) is 0.886. The van der Waals surface area contributed by atoms with Crippen LogP contribution in [0, 0.1) is 6.86 Å². The van der Waals surface area contributed by atoms with Crippen LogP contribution < -0.4 is 139 Å². The zero-order chi connectivity index (χ0) is 77.0. The summed E-state index contributed by atoms with van der Waals surface area (Å²) < 4.78 is 97.2. The first-order valence-corrected chi connectivity index (χ1v) is 33.1. The number of hydrogen-bond acceptors (Lipinski definition) is 15. The van der Waals surface area contributed by atoms with Crippen LogP contribution in [0.3, 0.4) is 0 Å². The quantitative estimate of drug-likeness (QED) is 0.00461. The molecule has 0 saturated carbocycles. The number of phenolic OH excluding ortho intramolecular Hbond substituents is 1. The number of hydrogen-bond donors (Lipinski definition) is 5. The van der Waals surface area contributed by atoms with E-state index in [-0.39, 0.29) is 194 Å². The molecule has 576 valence electrons. The maximum atomic E-state index is 13.0. The number of carbonyl (C=O) groups is 4. The number of rotatable bonds is 23. The third kappa shape index (κ3) is 51.6. The van der Waals surface area contributed by atoms with E-state index in [1.807, 2.05) is 206 Å². The second-order valence-corrected chi connectivity index (χ2v) is 23.6. The van der Waals surface area contributed by atoms with Gasteiger partial charge < -0.3 is 69.8 Å². The van der Waals surface area contributed by atoms with Gasteiger partial charge in [-0.1, -0.05) is 193 Å². The number of alkyl carbamates (subject to hydrolysis) is 2. The van der Waals surface area contributed by atoms with Gasteiger partial charge >= 0.3 is 127 Å². The molecule has 8 rings (SSSR count). The predicted molar refractivity (Wildman–Crippen MR) is 420 cm³/mol. The van der Waals surface area contributed by atoms with Crippen molar-refractivity contribution in [1.82, 2.24) is 10.6 Å². The third-order valence-corrected chi connectivity index (χ3v) is 13.3. The van der Waals surface area contributed by atoms with Crippen LogP contribution in [0.2, 0.25) is 0 Å². The number of alkyl halides is 1. The van der Waals surface area contributed by atoms with Gasteiger partial charge in [0.2, 0.25) is 0 Å². The third-order valence-electron chi connectivity index (χ3n) is 12.6. The molecule has 0 radical (unpaired) electrons. The van der Waals surface area contributed by atoms with Crippen molar-refractivity contribution < 1.29 is 189 Å². The van der Waals surface area contributed by atoms with Crippen LogP contribution in [-0.4, -0.2) is 98.8 Å². The Morgan fingerprint density at radius 3 is 0.972 bits per heavy atom. The fraction of sp³-hybridized carbons (Fsp3) is 0.247. The number of nitrogens with one attached hydrogen (secondary N) is 2. The summed E-state index contributed by atoms with van der Waals surface area (Å²) in [5.41, 5.74) is 20.3. The Morgan fingerprint density at radius 1 is 0.491 bits per heavy atom. The molecule has 8 aromatic carbocycles. The van der Waals surface area contributed by atoms with Gasteiger partial charge in [-0.05, 0) is 154 Å². The van der Waals surface area contributed by atoms with Crippen LogP contribution in [0.1, 0.15) is 64.2 Å². The maximum absolute atomic E-state index is 13.0.